The smallest absolute Gasteiger partial charge is 0.258 e. The molecule has 26 heavy (non-hydrogen) atoms. The second-order valence-electron chi connectivity index (χ2n) is 6.14. The fourth-order valence-corrected chi connectivity index (χ4v) is 2.81. The Hall–Kier alpha value is -2.83. The lowest BCUT2D eigenvalue weighted by Crippen LogP contribution is -2.32. The summed E-state index contributed by atoms with van der Waals surface area (Å²) in [5, 5.41) is 2.82. The van der Waals surface area contributed by atoms with E-state index in [1.54, 1.807) is 25.4 Å². The second kappa shape index (κ2) is 9.03. The molecule has 0 aliphatic carbocycles. The summed E-state index contributed by atoms with van der Waals surface area (Å²) in [4.78, 5) is 23.1. The van der Waals surface area contributed by atoms with Crippen molar-refractivity contribution in [3.63, 3.8) is 0 Å². The van der Waals surface area contributed by atoms with E-state index in [1.165, 1.54) is 19.3 Å². The highest BCUT2D eigenvalue weighted by molar-refractivity contribution is 5.77. The molecule has 0 bridgehead atoms. The molecule has 3 rings (SSSR count). The van der Waals surface area contributed by atoms with Gasteiger partial charge in [-0.1, -0.05) is 6.07 Å². The van der Waals surface area contributed by atoms with Crippen LogP contribution in [0.5, 0.6) is 11.5 Å². The van der Waals surface area contributed by atoms with E-state index in [-0.39, 0.29) is 12.5 Å². The van der Waals surface area contributed by atoms with Gasteiger partial charge in [0.2, 0.25) is 5.95 Å². The van der Waals surface area contributed by atoms with Crippen LogP contribution in [-0.2, 0) is 11.3 Å². The number of methoxy groups -OCH3 is 1. The van der Waals surface area contributed by atoms with Gasteiger partial charge in [0.05, 0.1) is 19.3 Å². The summed E-state index contributed by atoms with van der Waals surface area (Å²) in [7, 11) is 1.59. The Morgan fingerprint density at radius 3 is 2.81 bits per heavy atom. The largest absolute Gasteiger partial charge is 0.497 e. The number of carbonyl (C=O) groups excluding carboxylic acids is 1. The van der Waals surface area contributed by atoms with E-state index in [4.69, 9.17) is 9.47 Å². The van der Waals surface area contributed by atoms with Crippen LogP contribution in [0.15, 0.2) is 36.5 Å². The van der Waals surface area contributed by atoms with E-state index >= 15 is 0 Å². The van der Waals surface area contributed by atoms with Crippen LogP contribution in [0.3, 0.4) is 0 Å². The molecule has 1 aliphatic rings. The van der Waals surface area contributed by atoms with Gasteiger partial charge in [0.1, 0.15) is 11.5 Å². The van der Waals surface area contributed by atoms with Crippen LogP contribution < -0.4 is 19.7 Å². The molecular weight excluding hydrogens is 332 g/mol. The first kappa shape index (κ1) is 18.0. The first-order chi connectivity index (χ1) is 12.7. The molecule has 1 saturated heterocycles. The van der Waals surface area contributed by atoms with Crippen molar-refractivity contribution in [1.29, 1.82) is 0 Å². The van der Waals surface area contributed by atoms with E-state index in [9.17, 15) is 4.79 Å². The first-order valence-electron chi connectivity index (χ1n) is 8.85. The molecule has 0 unspecified atom stereocenters. The van der Waals surface area contributed by atoms with Crippen LogP contribution in [0, 0.1) is 0 Å². The zero-order valence-electron chi connectivity index (χ0n) is 15.0. The summed E-state index contributed by atoms with van der Waals surface area (Å²) in [5.74, 6) is 1.82. The molecule has 0 spiro atoms. The minimum Gasteiger partial charge on any atom is -0.497 e. The Morgan fingerprint density at radius 2 is 2.00 bits per heavy atom. The zero-order chi connectivity index (χ0) is 18.2. The number of amides is 1. The molecule has 7 nitrogen and oxygen atoms in total. The Bertz CT molecular complexity index is 732. The van der Waals surface area contributed by atoms with Gasteiger partial charge in [-0.2, -0.15) is 0 Å². The SMILES string of the molecule is COc1cccc(OCC(=O)NCc2ccnc(N3CCCCC3)n2)c1. The molecule has 138 valence electrons. The van der Waals surface area contributed by atoms with Crippen molar-refractivity contribution in [3.8, 4) is 11.5 Å². The number of nitrogens with one attached hydrogen (secondary N) is 1. The van der Waals surface area contributed by atoms with Crippen molar-refractivity contribution >= 4 is 11.9 Å². The fourth-order valence-electron chi connectivity index (χ4n) is 2.81. The molecule has 1 N–H and O–H groups in total. The zero-order valence-corrected chi connectivity index (χ0v) is 15.0. The highest BCUT2D eigenvalue weighted by atomic mass is 16.5. The molecule has 1 amide bonds. The number of piperidine rings is 1. The van der Waals surface area contributed by atoms with Crippen molar-refractivity contribution in [1.82, 2.24) is 15.3 Å². The quantitative estimate of drug-likeness (QED) is 0.819. The Morgan fingerprint density at radius 1 is 1.19 bits per heavy atom. The topological polar surface area (TPSA) is 76.6 Å². The van der Waals surface area contributed by atoms with Gasteiger partial charge < -0.3 is 19.7 Å². The third-order valence-corrected chi connectivity index (χ3v) is 4.22. The summed E-state index contributed by atoms with van der Waals surface area (Å²) in [6.07, 6.45) is 5.35. The molecule has 0 radical (unpaired) electrons. The molecule has 1 aliphatic heterocycles. The van der Waals surface area contributed by atoms with Crippen molar-refractivity contribution in [2.45, 2.75) is 25.8 Å². The monoisotopic (exact) mass is 356 g/mol. The lowest BCUT2D eigenvalue weighted by Gasteiger charge is -2.26. The average Bonchev–Trinajstić information content (AvgIpc) is 2.72. The highest BCUT2D eigenvalue weighted by Crippen LogP contribution is 2.18. The molecule has 2 aromatic rings. The molecule has 2 heterocycles. The van der Waals surface area contributed by atoms with Crippen molar-refractivity contribution in [3.05, 3.63) is 42.2 Å². The van der Waals surface area contributed by atoms with E-state index in [0.29, 0.717) is 18.0 Å². The molecular formula is C19H24N4O3. The van der Waals surface area contributed by atoms with E-state index in [2.05, 4.69) is 20.2 Å². The number of anilines is 1. The molecule has 1 aromatic heterocycles. The number of carbonyl (C=O) groups is 1. The number of hydrogen-bond donors (Lipinski definition) is 1. The van der Waals surface area contributed by atoms with Crippen molar-refractivity contribution < 1.29 is 14.3 Å². The number of nitrogens with zero attached hydrogens (tertiary/aromatic N) is 3. The predicted octanol–water partition coefficient (Wildman–Crippen LogP) is 2.17. The summed E-state index contributed by atoms with van der Waals surface area (Å²) < 4.78 is 10.6. The Labute approximate surface area is 153 Å². The van der Waals surface area contributed by atoms with Crippen LogP contribution in [0.1, 0.15) is 25.0 Å². The van der Waals surface area contributed by atoms with Gasteiger partial charge in [0.15, 0.2) is 6.61 Å². The molecule has 1 fully saturated rings. The van der Waals surface area contributed by atoms with Crippen LogP contribution in [0.25, 0.3) is 0 Å². The van der Waals surface area contributed by atoms with Gasteiger partial charge in [-0.15, -0.1) is 0 Å². The number of rotatable bonds is 7. The number of aromatic nitrogens is 2. The number of hydrogen-bond acceptors (Lipinski definition) is 6. The van der Waals surface area contributed by atoms with Crippen molar-refractivity contribution in [2.75, 3.05) is 31.7 Å². The van der Waals surface area contributed by atoms with Crippen molar-refractivity contribution in [2.24, 2.45) is 0 Å². The molecule has 7 heteroatoms. The third kappa shape index (κ3) is 5.08. The van der Waals surface area contributed by atoms with Gasteiger partial charge in [0, 0.05) is 25.4 Å². The van der Waals surface area contributed by atoms with Gasteiger partial charge in [-0.25, -0.2) is 9.97 Å². The summed E-state index contributed by atoms with van der Waals surface area (Å²) in [6.45, 7) is 2.27. The van der Waals surface area contributed by atoms with E-state index in [0.717, 1.165) is 24.7 Å². The minimum absolute atomic E-state index is 0.0583. The second-order valence-corrected chi connectivity index (χ2v) is 6.14. The Balaban J connectivity index is 1.48. The maximum atomic E-state index is 12.0. The highest BCUT2D eigenvalue weighted by Gasteiger charge is 2.13. The number of benzene rings is 1. The van der Waals surface area contributed by atoms with Crippen LogP contribution in [-0.4, -0.2) is 42.7 Å². The molecule has 1 aromatic carbocycles. The van der Waals surface area contributed by atoms with Gasteiger partial charge in [-0.05, 0) is 37.5 Å². The average molecular weight is 356 g/mol. The van der Waals surface area contributed by atoms with Gasteiger partial charge >= 0.3 is 0 Å². The standard InChI is InChI=1S/C19H24N4O3/c1-25-16-6-5-7-17(12-16)26-14-18(24)21-13-15-8-9-20-19(22-15)23-10-3-2-4-11-23/h5-9,12H,2-4,10-11,13-14H2,1H3,(H,21,24). The predicted molar refractivity (Wildman–Crippen MR) is 98.4 cm³/mol. The number of ether oxygens (including phenoxy) is 2. The van der Waals surface area contributed by atoms with Crippen LogP contribution >= 0.6 is 0 Å². The first-order valence-corrected chi connectivity index (χ1v) is 8.85. The summed E-state index contributed by atoms with van der Waals surface area (Å²) in [5.41, 5.74) is 0.787. The Kier molecular flexibility index (Phi) is 6.24. The van der Waals surface area contributed by atoms with Crippen LogP contribution in [0.2, 0.25) is 0 Å². The molecule has 0 atom stereocenters. The van der Waals surface area contributed by atoms with Gasteiger partial charge in [0.25, 0.3) is 5.91 Å². The maximum absolute atomic E-state index is 12.0. The normalized spacial score (nSPS) is 14.0. The lowest BCUT2D eigenvalue weighted by molar-refractivity contribution is -0.123. The molecule has 0 saturated carbocycles. The third-order valence-electron chi connectivity index (χ3n) is 4.22. The van der Waals surface area contributed by atoms with Gasteiger partial charge in [-0.3, -0.25) is 4.79 Å². The van der Waals surface area contributed by atoms with E-state index < -0.39 is 0 Å². The fraction of sp³-hybridized carbons (Fsp3) is 0.421. The summed E-state index contributed by atoms with van der Waals surface area (Å²) >= 11 is 0. The summed E-state index contributed by atoms with van der Waals surface area (Å²) in [6, 6.07) is 8.97. The lowest BCUT2D eigenvalue weighted by atomic mass is 10.1. The minimum atomic E-state index is -0.203. The van der Waals surface area contributed by atoms with Crippen LogP contribution in [0.4, 0.5) is 5.95 Å². The van der Waals surface area contributed by atoms with E-state index in [1.807, 2.05) is 18.2 Å². The maximum Gasteiger partial charge on any atom is 0.258 e.